The number of hydrogen-bond donors (Lipinski definition) is 0. The average Bonchev–Trinajstić information content (AvgIpc) is 2.82. The predicted molar refractivity (Wildman–Crippen MR) is 106 cm³/mol. The summed E-state index contributed by atoms with van der Waals surface area (Å²) >= 11 is 0. The third-order valence-electron chi connectivity index (χ3n) is 3.49. The van der Waals surface area contributed by atoms with E-state index in [9.17, 15) is 0 Å². The standard InChI is InChI=1S/C9H13.C7H9.C2H7Si.2ClH.Zr/c1-6-5-7(2)9(4)8(6)3;1-6-4-3-5-7(6)2;1-3-2;;;/h5H,1-4H3;3-5H,1-2H3;3H,1-2H3;2*1H;/q2*-1;;;;+2. The number of halogens is 2. The summed E-state index contributed by atoms with van der Waals surface area (Å²) in [5.41, 5.74) is 8.52. The fourth-order valence-electron chi connectivity index (χ4n) is 1.73. The van der Waals surface area contributed by atoms with Gasteiger partial charge in [-0.1, -0.05) is 54.6 Å². The molecule has 2 aromatic rings. The van der Waals surface area contributed by atoms with Crippen molar-refractivity contribution >= 4 is 34.3 Å². The smallest absolute Gasteiger partial charge is 0.213 e. The van der Waals surface area contributed by atoms with Gasteiger partial charge in [-0.15, -0.1) is 24.8 Å². The first-order chi connectivity index (χ1) is 8.84. The third-order valence-corrected chi connectivity index (χ3v) is 3.49. The van der Waals surface area contributed by atoms with Gasteiger partial charge in [-0.05, 0) is 0 Å². The van der Waals surface area contributed by atoms with E-state index in [0.717, 1.165) is 9.52 Å². The molecule has 4 heteroatoms. The normalized spacial score (nSPS) is 8.00. The summed E-state index contributed by atoms with van der Waals surface area (Å²) in [5, 5.41) is 0. The monoisotopic (exact) mass is 435 g/mol. The maximum atomic E-state index is 2.24. The Morgan fingerprint density at radius 3 is 1.45 bits per heavy atom. The Morgan fingerprint density at radius 1 is 0.909 bits per heavy atom. The fourth-order valence-corrected chi connectivity index (χ4v) is 1.73. The van der Waals surface area contributed by atoms with Gasteiger partial charge in [0, 0.05) is 9.52 Å². The van der Waals surface area contributed by atoms with Crippen LogP contribution in [-0.4, -0.2) is 9.52 Å². The second-order valence-electron chi connectivity index (χ2n) is 5.23. The van der Waals surface area contributed by atoms with Crippen LogP contribution in [-0.2, 0) is 26.2 Å². The molecule has 0 saturated heterocycles. The first-order valence-electron chi connectivity index (χ1n) is 6.98. The van der Waals surface area contributed by atoms with Gasteiger partial charge in [0.25, 0.3) is 0 Å². The Balaban J connectivity index is -0.000000114. The molecule has 0 aliphatic carbocycles. The van der Waals surface area contributed by atoms with Crippen molar-refractivity contribution < 1.29 is 26.2 Å². The van der Waals surface area contributed by atoms with Crippen molar-refractivity contribution in [3.8, 4) is 0 Å². The van der Waals surface area contributed by atoms with Gasteiger partial charge in [0.1, 0.15) is 0 Å². The Labute approximate surface area is 172 Å². The molecule has 0 aliphatic rings. The van der Waals surface area contributed by atoms with Crippen LogP contribution in [0.25, 0.3) is 0 Å². The van der Waals surface area contributed by atoms with Crippen LogP contribution in [0.4, 0.5) is 0 Å². The van der Waals surface area contributed by atoms with Gasteiger partial charge in [-0.25, -0.2) is 12.1 Å². The fraction of sp³-hybridized carbons (Fsp3) is 0.444. The second kappa shape index (κ2) is 16.2. The largest absolute Gasteiger partial charge is 2.00 e. The predicted octanol–water partition coefficient (Wildman–Crippen LogP) is 6.02. The second-order valence-corrected chi connectivity index (χ2v) is 6.38. The van der Waals surface area contributed by atoms with Crippen LogP contribution >= 0.6 is 24.8 Å². The molecule has 0 bridgehead atoms. The molecule has 22 heavy (non-hydrogen) atoms. The molecule has 0 N–H and O–H groups in total. The van der Waals surface area contributed by atoms with Crippen LogP contribution in [0.1, 0.15) is 33.4 Å². The molecule has 0 unspecified atom stereocenters. The molecular weight excluding hydrogens is 406 g/mol. The van der Waals surface area contributed by atoms with E-state index in [2.05, 4.69) is 78.9 Å². The molecule has 0 fully saturated rings. The van der Waals surface area contributed by atoms with E-state index < -0.39 is 0 Å². The topological polar surface area (TPSA) is 0 Å². The van der Waals surface area contributed by atoms with Crippen molar-refractivity contribution in [1.29, 1.82) is 0 Å². The molecule has 0 atom stereocenters. The van der Waals surface area contributed by atoms with E-state index in [0.29, 0.717) is 0 Å². The minimum Gasteiger partial charge on any atom is -0.213 e. The van der Waals surface area contributed by atoms with Crippen LogP contribution in [0.2, 0.25) is 13.1 Å². The van der Waals surface area contributed by atoms with Gasteiger partial charge in [0.2, 0.25) is 0 Å². The summed E-state index contributed by atoms with van der Waals surface area (Å²) in [6.07, 6.45) is 0. The van der Waals surface area contributed by atoms with E-state index in [1.165, 1.54) is 33.4 Å². The minimum absolute atomic E-state index is 0. The average molecular weight is 438 g/mol. The third kappa shape index (κ3) is 11.0. The minimum atomic E-state index is 0. The molecule has 1 radical (unpaired) electrons. The molecule has 0 heterocycles. The van der Waals surface area contributed by atoms with Crippen LogP contribution in [0, 0.1) is 41.5 Å². The van der Waals surface area contributed by atoms with Gasteiger partial charge in [-0.3, -0.25) is 0 Å². The van der Waals surface area contributed by atoms with Crippen LogP contribution in [0.15, 0.2) is 24.3 Å². The van der Waals surface area contributed by atoms with E-state index in [1.54, 1.807) is 0 Å². The van der Waals surface area contributed by atoms with E-state index in [1.807, 2.05) is 0 Å². The molecule has 2 rings (SSSR count). The van der Waals surface area contributed by atoms with Gasteiger partial charge >= 0.3 is 26.2 Å². The maximum Gasteiger partial charge on any atom is 2.00 e. The molecule has 0 amide bonds. The van der Waals surface area contributed by atoms with E-state index in [4.69, 9.17) is 0 Å². The summed E-state index contributed by atoms with van der Waals surface area (Å²) in [4.78, 5) is 0. The van der Waals surface area contributed by atoms with E-state index in [-0.39, 0.29) is 51.0 Å². The zero-order valence-electron chi connectivity index (χ0n) is 15.2. The SMILES string of the molecule is C[SiH]C.Cc1c[c-](C)c(C)c1C.Cc1ccc[c-]1C.Cl.Cl.[Zr+2]. The molecule has 0 aliphatic heterocycles. The zero-order chi connectivity index (χ0) is 15.0. The summed E-state index contributed by atoms with van der Waals surface area (Å²) < 4.78 is 0. The summed E-state index contributed by atoms with van der Waals surface area (Å²) in [6.45, 7) is 17.3. The Morgan fingerprint density at radius 2 is 1.36 bits per heavy atom. The Bertz CT molecular complexity index is 448. The van der Waals surface area contributed by atoms with Crippen molar-refractivity contribution in [2.75, 3.05) is 0 Å². The maximum absolute atomic E-state index is 2.24. The van der Waals surface area contributed by atoms with E-state index >= 15 is 0 Å². The van der Waals surface area contributed by atoms with Crippen molar-refractivity contribution in [2.45, 2.75) is 54.6 Å². The Kier molecular flexibility index (Phi) is 22.4. The van der Waals surface area contributed by atoms with Crippen LogP contribution in [0.5, 0.6) is 0 Å². The summed E-state index contributed by atoms with van der Waals surface area (Å²) in [5.74, 6) is 0. The van der Waals surface area contributed by atoms with Crippen LogP contribution < -0.4 is 0 Å². The van der Waals surface area contributed by atoms with Gasteiger partial charge in [-0.2, -0.15) is 45.5 Å². The molecule has 0 nitrogen and oxygen atoms in total. The number of hydrogen-bond acceptors (Lipinski definition) is 0. The Hall–Kier alpha value is 0.380. The van der Waals surface area contributed by atoms with Gasteiger partial charge in [0.15, 0.2) is 0 Å². The van der Waals surface area contributed by atoms with Crippen molar-refractivity contribution in [2.24, 2.45) is 0 Å². The molecule has 125 valence electrons. The first kappa shape index (κ1) is 30.3. The van der Waals surface area contributed by atoms with Crippen molar-refractivity contribution in [3.63, 3.8) is 0 Å². The molecule has 2 aromatic carbocycles. The van der Waals surface area contributed by atoms with Gasteiger partial charge < -0.3 is 0 Å². The van der Waals surface area contributed by atoms with Crippen molar-refractivity contribution in [3.05, 3.63) is 57.6 Å². The van der Waals surface area contributed by atoms with Gasteiger partial charge in [0.05, 0.1) is 0 Å². The summed E-state index contributed by atoms with van der Waals surface area (Å²) in [7, 11) is 0.750. The summed E-state index contributed by atoms with van der Waals surface area (Å²) in [6, 6.07) is 8.56. The molecular formula is C18H31Cl2SiZr. The number of aryl methyl sites for hydroxylation is 4. The molecule has 0 spiro atoms. The number of rotatable bonds is 0. The molecule has 0 aromatic heterocycles. The quantitative estimate of drug-likeness (QED) is 0.349. The first-order valence-corrected chi connectivity index (χ1v) is 9.29. The van der Waals surface area contributed by atoms with Crippen molar-refractivity contribution in [1.82, 2.24) is 0 Å². The zero-order valence-corrected chi connectivity index (χ0v) is 20.4. The molecule has 0 saturated carbocycles. The van der Waals surface area contributed by atoms with Crippen LogP contribution in [0.3, 0.4) is 0 Å².